The van der Waals surface area contributed by atoms with Gasteiger partial charge in [0, 0.05) is 37.3 Å². The summed E-state index contributed by atoms with van der Waals surface area (Å²) in [5.74, 6) is 1.13. The third kappa shape index (κ3) is 4.15. The summed E-state index contributed by atoms with van der Waals surface area (Å²) >= 11 is 0. The van der Waals surface area contributed by atoms with Crippen LogP contribution >= 0.6 is 0 Å². The van der Waals surface area contributed by atoms with Crippen molar-refractivity contribution in [1.82, 2.24) is 5.32 Å². The van der Waals surface area contributed by atoms with Gasteiger partial charge in [-0.1, -0.05) is 13.8 Å². The summed E-state index contributed by atoms with van der Waals surface area (Å²) in [6.45, 7) is 6.32. The van der Waals surface area contributed by atoms with Crippen LogP contribution < -0.4 is 16.0 Å². The number of carbonyl (C=O) groups is 1. The number of nitrogens with one attached hydrogen (secondary N) is 1. The van der Waals surface area contributed by atoms with Crippen molar-refractivity contribution in [1.29, 1.82) is 0 Å². The molecule has 142 valence electrons. The molecule has 3 rings (SSSR count). The van der Waals surface area contributed by atoms with E-state index in [0.717, 1.165) is 32.4 Å². The van der Waals surface area contributed by atoms with E-state index in [1.54, 1.807) is 12.1 Å². The molecule has 0 radical (unpaired) electrons. The van der Waals surface area contributed by atoms with Crippen LogP contribution in [0.4, 0.5) is 11.4 Å². The lowest BCUT2D eigenvalue weighted by Crippen LogP contribution is -2.42. The Kier molecular flexibility index (Phi) is 5.46. The second-order valence-corrected chi connectivity index (χ2v) is 7.96. The van der Waals surface area contributed by atoms with Gasteiger partial charge in [0.05, 0.1) is 4.92 Å². The highest BCUT2D eigenvalue weighted by atomic mass is 16.6. The highest BCUT2D eigenvalue weighted by Gasteiger charge is 2.32. The lowest BCUT2D eigenvalue weighted by Gasteiger charge is -2.36. The fraction of sp³-hybridized carbons (Fsp3) is 0.632. The van der Waals surface area contributed by atoms with Gasteiger partial charge in [0.25, 0.3) is 11.6 Å². The first kappa shape index (κ1) is 18.6. The van der Waals surface area contributed by atoms with E-state index in [-0.39, 0.29) is 17.6 Å². The Hall–Kier alpha value is -2.15. The molecule has 3 N–H and O–H groups in total. The number of nitrogens with two attached hydrogens (primary N) is 1. The van der Waals surface area contributed by atoms with Gasteiger partial charge in [-0.25, -0.2) is 0 Å². The van der Waals surface area contributed by atoms with Gasteiger partial charge in [0.2, 0.25) is 0 Å². The second kappa shape index (κ2) is 7.61. The van der Waals surface area contributed by atoms with Gasteiger partial charge >= 0.3 is 0 Å². The van der Waals surface area contributed by atoms with Gasteiger partial charge in [0.15, 0.2) is 0 Å². The van der Waals surface area contributed by atoms with E-state index in [9.17, 15) is 14.9 Å². The largest absolute Gasteiger partial charge is 0.365 e. The van der Waals surface area contributed by atoms with Gasteiger partial charge < -0.3 is 16.0 Å². The predicted octanol–water partition coefficient (Wildman–Crippen LogP) is 2.54. The molecule has 1 aromatic rings. The summed E-state index contributed by atoms with van der Waals surface area (Å²) in [6.07, 6.45) is 3.28. The molecule has 1 amide bonds. The highest BCUT2D eigenvalue weighted by Crippen LogP contribution is 2.35. The molecule has 1 saturated heterocycles. The number of nitro groups is 1. The summed E-state index contributed by atoms with van der Waals surface area (Å²) in [6, 6.07) is 4.74. The number of nitrogens with zero attached hydrogens (tertiary/aromatic N) is 2. The Morgan fingerprint density at radius 3 is 2.54 bits per heavy atom. The minimum Gasteiger partial charge on any atom is -0.365 e. The van der Waals surface area contributed by atoms with Crippen LogP contribution in [0.15, 0.2) is 18.2 Å². The highest BCUT2D eigenvalue weighted by molar-refractivity contribution is 5.96. The van der Waals surface area contributed by atoms with Crippen LogP contribution in [0.1, 0.15) is 43.5 Å². The van der Waals surface area contributed by atoms with Crippen LogP contribution in [0.5, 0.6) is 0 Å². The van der Waals surface area contributed by atoms with E-state index in [2.05, 4.69) is 24.1 Å². The van der Waals surface area contributed by atoms with Gasteiger partial charge in [-0.2, -0.15) is 0 Å². The Morgan fingerprint density at radius 2 is 2.00 bits per heavy atom. The van der Waals surface area contributed by atoms with Crippen LogP contribution in [0.25, 0.3) is 0 Å². The molecule has 2 fully saturated rings. The fourth-order valence-corrected chi connectivity index (χ4v) is 4.06. The molecule has 26 heavy (non-hydrogen) atoms. The molecule has 1 aliphatic carbocycles. The molecule has 1 saturated carbocycles. The molecule has 7 heteroatoms. The van der Waals surface area contributed by atoms with E-state index >= 15 is 0 Å². The van der Waals surface area contributed by atoms with Crippen molar-refractivity contribution in [3.05, 3.63) is 33.9 Å². The van der Waals surface area contributed by atoms with E-state index in [1.807, 2.05) is 0 Å². The minimum absolute atomic E-state index is 0.00493. The SMILES string of the molecule is CC1CC(C)CN(c2ccc(C(=O)NC(CN)C3CC3)cc2[N+](=O)[O-])C1. The fourth-order valence-electron chi connectivity index (χ4n) is 4.06. The maximum Gasteiger partial charge on any atom is 0.293 e. The van der Waals surface area contributed by atoms with Crippen LogP contribution in [-0.2, 0) is 0 Å². The average Bonchev–Trinajstić information content (AvgIpc) is 3.43. The number of hydrogen-bond donors (Lipinski definition) is 2. The van der Waals surface area contributed by atoms with Crippen molar-refractivity contribution in [2.24, 2.45) is 23.5 Å². The Labute approximate surface area is 154 Å². The van der Waals surface area contributed by atoms with Crippen molar-refractivity contribution < 1.29 is 9.72 Å². The molecule has 1 heterocycles. The van der Waals surface area contributed by atoms with Gasteiger partial charge in [-0.05, 0) is 49.1 Å². The molecule has 0 aromatic heterocycles. The number of benzene rings is 1. The second-order valence-electron chi connectivity index (χ2n) is 7.96. The van der Waals surface area contributed by atoms with E-state index in [4.69, 9.17) is 5.73 Å². The normalized spacial score (nSPS) is 24.2. The number of anilines is 1. The van der Waals surface area contributed by atoms with Crippen molar-refractivity contribution >= 4 is 17.3 Å². The topological polar surface area (TPSA) is 102 Å². The van der Waals surface area contributed by atoms with Crippen LogP contribution in [0.3, 0.4) is 0 Å². The number of nitro benzene ring substituents is 1. The molecule has 3 atom stereocenters. The van der Waals surface area contributed by atoms with Crippen LogP contribution in [0.2, 0.25) is 0 Å². The molecular formula is C19H28N4O3. The van der Waals surface area contributed by atoms with Gasteiger partial charge in [-0.15, -0.1) is 0 Å². The quantitative estimate of drug-likeness (QED) is 0.600. The van der Waals surface area contributed by atoms with E-state index < -0.39 is 4.92 Å². The Balaban J connectivity index is 1.82. The number of amides is 1. The zero-order valence-corrected chi connectivity index (χ0v) is 15.5. The molecule has 0 spiro atoms. The first-order chi connectivity index (χ1) is 12.4. The number of carbonyl (C=O) groups excluding carboxylic acids is 1. The summed E-state index contributed by atoms with van der Waals surface area (Å²) in [7, 11) is 0. The molecule has 2 aliphatic rings. The molecule has 1 aromatic carbocycles. The first-order valence-corrected chi connectivity index (χ1v) is 9.43. The molecular weight excluding hydrogens is 332 g/mol. The number of hydrogen-bond acceptors (Lipinski definition) is 5. The number of rotatable bonds is 6. The minimum atomic E-state index is -0.392. The van der Waals surface area contributed by atoms with E-state index in [1.165, 1.54) is 6.07 Å². The van der Waals surface area contributed by atoms with Crippen molar-refractivity contribution in [2.45, 2.75) is 39.2 Å². The molecule has 3 unspecified atom stereocenters. The maximum absolute atomic E-state index is 12.5. The average molecular weight is 360 g/mol. The standard InChI is InChI=1S/C19H28N4O3/c1-12-7-13(2)11-22(10-12)17-6-5-15(8-18(17)23(25)26)19(24)21-16(9-20)14-3-4-14/h5-6,8,12-14,16H,3-4,7,9-11,20H2,1-2H3,(H,21,24). The Bertz CT molecular complexity index is 679. The summed E-state index contributed by atoms with van der Waals surface area (Å²) in [5.41, 5.74) is 6.65. The molecule has 1 aliphatic heterocycles. The summed E-state index contributed by atoms with van der Waals surface area (Å²) in [5, 5.41) is 14.6. The molecule has 7 nitrogen and oxygen atoms in total. The predicted molar refractivity (Wildman–Crippen MR) is 101 cm³/mol. The van der Waals surface area contributed by atoms with Crippen LogP contribution in [0, 0.1) is 27.9 Å². The van der Waals surface area contributed by atoms with Gasteiger partial charge in [0.1, 0.15) is 5.69 Å². The smallest absolute Gasteiger partial charge is 0.293 e. The first-order valence-electron chi connectivity index (χ1n) is 9.43. The zero-order valence-electron chi connectivity index (χ0n) is 15.5. The zero-order chi connectivity index (χ0) is 18.8. The maximum atomic E-state index is 12.5. The lowest BCUT2D eigenvalue weighted by atomic mass is 9.91. The Morgan fingerprint density at radius 1 is 1.35 bits per heavy atom. The van der Waals surface area contributed by atoms with Crippen molar-refractivity contribution in [2.75, 3.05) is 24.5 Å². The number of piperidine rings is 1. The van der Waals surface area contributed by atoms with Crippen molar-refractivity contribution in [3.8, 4) is 0 Å². The van der Waals surface area contributed by atoms with Gasteiger partial charge in [-0.3, -0.25) is 14.9 Å². The lowest BCUT2D eigenvalue weighted by molar-refractivity contribution is -0.384. The molecule has 0 bridgehead atoms. The summed E-state index contributed by atoms with van der Waals surface area (Å²) in [4.78, 5) is 25.8. The van der Waals surface area contributed by atoms with E-state index in [0.29, 0.717) is 35.5 Å². The van der Waals surface area contributed by atoms with Crippen molar-refractivity contribution in [3.63, 3.8) is 0 Å². The van der Waals surface area contributed by atoms with Crippen LogP contribution in [-0.4, -0.2) is 36.5 Å². The third-order valence-corrected chi connectivity index (χ3v) is 5.41. The monoisotopic (exact) mass is 360 g/mol. The third-order valence-electron chi connectivity index (χ3n) is 5.41. The summed E-state index contributed by atoms with van der Waals surface area (Å²) < 4.78 is 0.